The molecular formula is C7H9NO4S. The van der Waals surface area contributed by atoms with Crippen molar-refractivity contribution in [1.82, 2.24) is 0 Å². The first-order valence-corrected chi connectivity index (χ1v) is 4.78. The summed E-state index contributed by atoms with van der Waals surface area (Å²) in [6.07, 6.45) is 0. The SMILES string of the molecule is Cc1ccc(N)cc1OS(=O)(=O)O. The van der Waals surface area contributed by atoms with Gasteiger partial charge < -0.3 is 9.92 Å². The molecule has 1 aromatic rings. The van der Waals surface area contributed by atoms with E-state index in [2.05, 4.69) is 4.18 Å². The fraction of sp³-hybridized carbons (Fsp3) is 0.143. The van der Waals surface area contributed by atoms with Gasteiger partial charge in [0.2, 0.25) is 0 Å². The molecule has 1 aromatic carbocycles. The standard InChI is InChI=1S/C7H9NO4S/c1-5-2-3-6(8)4-7(5)12-13(9,10)11/h2-4H,8H2,1H3,(H,9,10,11). The van der Waals surface area contributed by atoms with Crippen LogP contribution in [0, 0.1) is 6.92 Å². The summed E-state index contributed by atoms with van der Waals surface area (Å²) in [6.45, 7) is 1.64. The topological polar surface area (TPSA) is 89.6 Å². The molecule has 0 fully saturated rings. The molecule has 5 nitrogen and oxygen atoms in total. The Hall–Kier alpha value is -1.27. The van der Waals surface area contributed by atoms with Crippen LogP contribution in [-0.2, 0) is 10.4 Å². The minimum absolute atomic E-state index is 0.0301. The smallest absolute Gasteiger partial charge is 0.399 e. The van der Waals surface area contributed by atoms with Crippen LogP contribution in [0.25, 0.3) is 0 Å². The van der Waals surface area contributed by atoms with Crippen molar-refractivity contribution < 1.29 is 17.2 Å². The van der Waals surface area contributed by atoms with Crippen molar-refractivity contribution >= 4 is 16.1 Å². The third kappa shape index (κ3) is 2.92. The number of benzene rings is 1. The Balaban J connectivity index is 3.08. The Morgan fingerprint density at radius 2 is 2.08 bits per heavy atom. The predicted molar refractivity (Wildman–Crippen MR) is 47.8 cm³/mol. The van der Waals surface area contributed by atoms with Gasteiger partial charge in [0, 0.05) is 11.8 Å². The zero-order valence-electron chi connectivity index (χ0n) is 6.89. The lowest BCUT2D eigenvalue weighted by atomic mass is 10.2. The van der Waals surface area contributed by atoms with E-state index in [1.165, 1.54) is 6.07 Å². The fourth-order valence-corrected chi connectivity index (χ4v) is 1.23. The molecular weight excluding hydrogens is 194 g/mol. The quantitative estimate of drug-likeness (QED) is 0.547. The van der Waals surface area contributed by atoms with E-state index in [9.17, 15) is 8.42 Å². The van der Waals surface area contributed by atoms with E-state index in [-0.39, 0.29) is 5.75 Å². The van der Waals surface area contributed by atoms with E-state index >= 15 is 0 Å². The van der Waals surface area contributed by atoms with Crippen molar-refractivity contribution in [2.75, 3.05) is 5.73 Å². The minimum atomic E-state index is -4.47. The van der Waals surface area contributed by atoms with E-state index in [1.54, 1.807) is 19.1 Å². The maximum atomic E-state index is 10.4. The van der Waals surface area contributed by atoms with Gasteiger partial charge in [-0.3, -0.25) is 4.55 Å². The number of rotatable bonds is 2. The lowest BCUT2D eigenvalue weighted by molar-refractivity contribution is 0.386. The molecule has 0 saturated carbocycles. The van der Waals surface area contributed by atoms with Gasteiger partial charge in [-0.15, -0.1) is 0 Å². The Labute approximate surface area is 76.1 Å². The molecule has 0 atom stereocenters. The molecule has 0 spiro atoms. The molecule has 0 aliphatic carbocycles. The molecule has 1 rings (SSSR count). The number of hydrogen-bond acceptors (Lipinski definition) is 4. The molecule has 3 N–H and O–H groups in total. The van der Waals surface area contributed by atoms with Crippen molar-refractivity contribution in [3.8, 4) is 5.75 Å². The molecule has 0 radical (unpaired) electrons. The highest BCUT2D eigenvalue weighted by molar-refractivity contribution is 7.81. The molecule has 0 aromatic heterocycles. The van der Waals surface area contributed by atoms with Gasteiger partial charge in [-0.05, 0) is 18.6 Å². The van der Waals surface area contributed by atoms with Crippen LogP contribution in [0.1, 0.15) is 5.56 Å². The minimum Gasteiger partial charge on any atom is -0.399 e. The predicted octanol–water partition coefficient (Wildman–Crippen LogP) is 0.759. The van der Waals surface area contributed by atoms with E-state index in [1.807, 2.05) is 0 Å². The van der Waals surface area contributed by atoms with Gasteiger partial charge in [0.05, 0.1) is 0 Å². The zero-order valence-corrected chi connectivity index (χ0v) is 7.71. The number of nitrogen functional groups attached to an aromatic ring is 1. The van der Waals surface area contributed by atoms with Crippen molar-refractivity contribution in [1.29, 1.82) is 0 Å². The highest BCUT2D eigenvalue weighted by Crippen LogP contribution is 2.21. The summed E-state index contributed by atoms with van der Waals surface area (Å²) in [6, 6.07) is 4.52. The van der Waals surface area contributed by atoms with Crippen LogP contribution in [0.4, 0.5) is 5.69 Å². The van der Waals surface area contributed by atoms with Crippen molar-refractivity contribution in [3.05, 3.63) is 23.8 Å². The number of aryl methyl sites for hydroxylation is 1. The van der Waals surface area contributed by atoms with Crippen molar-refractivity contribution in [2.45, 2.75) is 6.92 Å². The summed E-state index contributed by atoms with van der Waals surface area (Å²) < 4.78 is 33.4. The summed E-state index contributed by atoms with van der Waals surface area (Å²) in [4.78, 5) is 0. The van der Waals surface area contributed by atoms with Gasteiger partial charge >= 0.3 is 10.4 Å². The van der Waals surface area contributed by atoms with E-state index in [0.717, 1.165) is 0 Å². The molecule has 0 heterocycles. The summed E-state index contributed by atoms with van der Waals surface area (Å²) in [7, 11) is -4.47. The lowest BCUT2D eigenvalue weighted by Gasteiger charge is -2.05. The molecule has 0 aliphatic rings. The van der Waals surface area contributed by atoms with Gasteiger partial charge in [-0.2, -0.15) is 8.42 Å². The van der Waals surface area contributed by atoms with Gasteiger partial charge in [0.1, 0.15) is 5.75 Å². The van der Waals surface area contributed by atoms with Gasteiger partial charge in [-0.1, -0.05) is 6.07 Å². The summed E-state index contributed by atoms with van der Waals surface area (Å²) in [5, 5.41) is 0. The first kappa shape index (κ1) is 9.82. The van der Waals surface area contributed by atoms with Crippen LogP contribution < -0.4 is 9.92 Å². The maximum absolute atomic E-state index is 10.4. The van der Waals surface area contributed by atoms with E-state index < -0.39 is 10.4 Å². The maximum Gasteiger partial charge on any atom is 0.446 e. The Bertz CT molecular complexity index is 413. The van der Waals surface area contributed by atoms with Crippen LogP contribution in [0.3, 0.4) is 0 Å². The molecule has 0 bridgehead atoms. The largest absolute Gasteiger partial charge is 0.446 e. The molecule has 0 amide bonds. The van der Waals surface area contributed by atoms with Crippen molar-refractivity contribution in [3.63, 3.8) is 0 Å². The average Bonchev–Trinajstić information content (AvgIpc) is 1.94. The molecule has 0 aliphatic heterocycles. The van der Waals surface area contributed by atoms with Gasteiger partial charge in [-0.25, -0.2) is 0 Å². The van der Waals surface area contributed by atoms with Gasteiger partial charge in [0.25, 0.3) is 0 Å². The zero-order chi connectivity index (χ0) is 10.1. The number of nitrogens with two attached hydrogens (primary N) is 1. The third-order valence-electron chi connectivity index (χ3n) is 1.41. The van der Waals surface area contributed by atoms with Crippen LogP contribution in [0.15, 0.2) is 18.2 Å². The van der Waals surface area contributed by atoms with Crippen LogP contribution in [0.2, 0.25) is 0 Å². The molecule has 13 heavy (non-hydrogen) atoms. The first-order chi connectivity index (χ1) is 5.88. The number of anilines is 1. The first-order valence-electron chi connectivity index (χ1n) is 3.41. The number of hydrogen-bond donors (Lipinski definition) is 2. The Morgan fingerprint density at radius 3 is 2.62 bits per heavy atom. The molecule has 0 saturated heterocycles. The highest BCUT2D eigenvalue weighted by atomic mass is 32.3. The normalized spacial score (nSPS) is 11.2. The second-order valence-electron chi connectivity index (χ2n) is 2.54. The monoisotopic (exact) mass is 203 g/mol. The van der Waals surface area contributed by atoms with Crippen LogP contribution in [-0.4, -0.2) is 13.0 Å². The van der Waals surface area contributed by atoms with E-state index in [0.29, 0.717) is 11.3 Å². The molecule has 72 valence electrons. The van der Waals surface area contributed by atoms with Crippen LogP contribution in [0.5, 0.6) is 5.75 Å². The second kappa shape index (κ2) is 3.23. The van der Waals surface area contributed by atoms with Crippen molar-refractivity contribution in [2.24, 2.45) is 0 Å². The summed E-state index contributed by atoms with van der Waals surface area (Å²) >= 11 is 0. The lowest BCUT2D eigenvalue weighted by Crippen LogP contribution is -2.07. The van der Waals surface area contributed by atoms with Crippen LogP contribution >= 0.6 is 0 Å². The third-order valence-corrected chi connectivity index (χ3v) is 1.80. The van der Waals surface area contributed by atoms with Gasteiger partial charge in [0.15, 0.2) is 0 Å². The Kier molecular flexibility index (Phi) is 2.44. The second-order valence-corrected chi connectivity index (χ2v) is 3.56. The van der Waals surface area contributed by atoms with E-state index in [4.69, 9.17) is 10.3 Å². The molecule has 6 heteroatoms. The summed E-state index contributed by atoms with van der Waals surface area (Å²) in [5.41, 5.74) is 6.33. The average molecular weight is 203 g/mol. The highest BCUT2D eigenvalue weighted by Gasteiger charge is 2.09. The molecule has 0 unspecified atom stereocenters. The Morgan fingerprint density at radius 1 is 1.46 bits per heavy atom. The summed E-state index contributed by atoms with van der Waals surface area (Å²) in [5.74, 6) is 0.0301. The fourth-order valence-electron chi connectivity index (χ4n) is 0.820.